The number of likely N-dealkylation sites (tertiary alicyclic amines) is 1. The predicted molar refractivity (Wildman–Crippen MR) is 87.9 cm³/mol. The van der Waals surface area contributed by atoms with Crippen LogP contribution < -0.4 is 10.2 Å². The van der Waals surface area contributed by atoms with E-state index in [1.165, 1.54) is 11.1 Å². The van der Waals surface area contributed by atoms with Gasteiger partial charge in [0.15, 0.2) is 5.82 Å². The fraction of sp³-hybridized carbons (Fsp3) is 0.533. The molecule has 0 aromatic carbocycles. The summed E-state index contributed by atoms with van der Waals surface area (Å²) in [6, 6.07) is -0.306. The first-order valence-corrected chi connectivity index (χ1v) is 7.75. The molecule has 0 radical (unpaired) electrons. The maximum absolute atomic E-state index is 12.1. The molecule has 0 bridgehead atoms. The minimum atomic E-state index is -1.15. The molecule has 1 aromatic rings. The monoisotopic (exact) mass is 332 g/mol. The minimum Gasteiger partial charge on any atom is -0.477 e. The molecule has 24 heavy (non-hydrogen) atoms. The van der Waals surface area contributed by atoms with E-state index >= 15 is 0 Å². The normalized spacial score (nSPS) is 21.5. The Balaban J connectivity index is 2.00. The second kappa shape index (κ2) is 5.73. The lowest BCUT2D eigenvalue weighted by atomic mass is 10.1. The number of nitrogens with one attached hydrogen (secondary N) is 1. The van der Waals surface area contributed by atoms with Crippen LogP contribution >= 0.6 is 0 Å². The van der Waals surface area contributed by atoms with Crippen LogP contribution in [0, 0.1) is 0 Å². The molecular weight excluding hydrogens is 312 g/mol. The predicted octanol–water partition coefficient (Wildman–Crippen LogP) is 1.24. The number of aromatic nitrogens is 2. The summed E-state index contributed by atoms with van der Waals surface area (Å²) in [4.78, 5) is 39.6. The molecule has 1 aromatic heterocycles. The van der Waals surface area contributed by atoms with Gasteiger partial charge in [0.1, 0.15) is 11.4 Å². The van der Waals surface area contributed by atoms with Crippen LogP contribution in [-0.2, 0) is 0 Å². The quantitative estimate of drug-likeness (QED) is 0.861. The van der Waals surface area contributed by atoms with Crippen molar-refractivity contribution in [2.75, 3.05) is 25.0 Å². The zero-order valence-corrected chi connectivity index (χ0v) is 13.9. The van der Waals surface area contributed by atoms with Gasteiger partial charge in [0.2, 0.25) is 5.95 Å². The van der Waals surface area contributed by atoms with E-state index in [0.717, 1.165) is 25.2 Å². The third kappa shape index (κ3) is 3.01. The Morgan fingerprint density at radius 2 is 2.21 bits per heavy atom. The number of hydrogen-bond acceptors (Lipinski definition) is 5. The fourth-order valence-electron chi connectivity index (χ4n) is 2.81. The number of carboxylic acid groups (broad SMARTS) is 1. The molecule has 2 N–H and O–H groups in total. The largest absolute Gasteiger partial charge is 0.477 e. The molecule has 128 valence electrons. The molecule has 0 spiro atoms. The molecule has 3 heterocycles. The van der Waals surface area contributed by atoms with E-state index in [4.69, 9.17) is 0 Å². The lowest BCUT2D eigenvalue weighted by Gasteiger charge is -2.17. The van der Waals surface area contributed by atoms with Crippen molar-refractivity contribution < 1.29 is 14.7 Å². The van der Waals surface area contributed by atoms with Crippen molar-refractivity contribution in [1.82, 2.24) is 20.2 Å². The number of amidine groups is 1. The molecule has 2 aliphatic rings. The van der Waals surface area contributed by atoms with Crippen LogP contribution in [0.15, 0.2) is 11.2 Å². The first-order chi connectivity index (χ1) is 11.3. The summed E-state index contributed by atoms with van der Waals surface area (Å²) < 4.78 is 0. The Hall–Kier alpha value is -2.71. The number of hydrogen-bond donors (Lipinski definition) is 2. The number of urea groups is 1. The molecule has 9 heteroatoms. The van der Waals surface area contributed by atoms with E-state index in [1.807, 2.05) is 25.8 Å². The number of aromatic carboxylic acids is 1. The van der Waals surface area contributed by atoms with Gasteiger partial charge in [-0.05, 0) is 20.3 Å². The second-order valence-corrected chi connectivity index (χ2v) is 6.67. The molecule has 0 saturated carbocycles. The first-order valence-electron chi connectivity index (χ1n) is 7.75. The summed E-state index contributed by atoms with van der Waals surface area (Å²) in [5.41, 5.74) is -0.477. The van der Waals surface area contributed by atoms with Crippen molar-refractivity contribution in [3.63, 3.8) is 0 Å². The minimum absolute atomic E-state index is 0.0776. The third-order valence-electron chi connectivity index (χ3n) is 4.04. The highest BCUT2D eigenvalue weighted by Gasteiger charge is 2.37. The van der Waals surface area contributed by atoms with Crippen LogP contribution in [0.4, 0.5) is 16.6 Å². The average molecular weight is 332 g/mol. The SMILES string of the molecule is CN1CCCC1=Nc1nc(N2CC(C)(C)NC2=O)ncc1C(=O)O. The summed E-state index contributed by atoms with van der Waals surface area (Å²) in [6.07, 6.45) is 2.95. The highest BCUT2D eigenvalue weighted by Crippen LogP contribution is 2.25. The van der Waals surface area contributed by atoms with Gasteiger partial charge in [-0.15, -0.1) is 0 Å². The summed E-state index contributed by atoms with van der Waals surface area (Å²) in [7, 11) is 1.91. The Bertz CT molecular complexity index is 730. The van der Waals surface area contributed by atoms with Gasteiger partial charge in [0, 0.05) is 26.2 Å². The molecule has 2 saturated heterocycles. The number of nitrogens with zero attached hydrogens (tertiary/aromatic N) is 5. The Morgan fingerprint density at radius 1 is 1.46 bits per heavy atom. The number of carbonyl (C=O) groups excluding carboxylic acids is 1. The summed E-state index contributed by atoms with van der Waals surface area (Å²) >= 11 is 0. The maximum Gasteiger partial charge on any atom is 0.341 e. The Labute approximate surface area is 139 Å². The number of aliphatic imine (C=N–C) groups is 1. The summed E-state index contributed by atoms with van der Waals surface area (Å²) in [5, 5.41) is 12.2. The lowest BCUT2D eigenvalue weighted by Crippen LogP contribution is -2.36. The maximum atomic E-state index is 12.1. The van der Waals surface area contributed by atoms with Crippen LogP contribution in [0.5, 0.6) is 0 Å². The van der Waals surface area contributed by atoms with Crippen LogP contribution in [0.2, 0.25) is 0 Å². The van der Waals surface area contributed by atoms with Gasteiger partial charge >= 0.3 is 12.0 Å². The van der Waals surface area contributed by atoms with Crippen LogP contribution in [0.1, 0.15) is 37.0 Å². The van der Waals surface area contributed by atoms with Crippen molar-refractivity contribution in [1.29, 1.82) is 0 Å². The van der Waals surface area contributed by atoms with E-state index in [9.17, 15) is 14.7 Å². The van der Waals surface area contributed by atoms with Crippen LogP contribution in [0.25, 0.3) is 0 Å². The first kappa shape index (κ1) is 16.2. The summed E-state index contributed by atoms with van der Waals surface area (Å²) in [5.74, 6) is -0.127. The highest BCUT2D eigenvalue weighted by molar-refractivity contribution is 5.96. The number of anilines is 1. The van der Waals surface area contributed by atoms with Gasteiger partial charge in [-0.1, -0.05) is 0 Å². The number of carboxylic acids is 1. The van der Waals surface area contributed by atoms with E-state index < -0.39 is 11.5 Å². The summed E-state index contributed by atoms with van der Waals surface area (Å²) in [6.45, 7) is 5.06. The standard InChI is InChI=1S/C15H20N6O3/c1-15(2)8-21(14(24)19-15)13-16-7-9(12(22)23)11(18-13)17-10-5-4-6-20(10)3/h7H,4-6,8H2,1-3H3,(H,19,24)(H,22,23). The Morgan fingerprint density at radius 3 is 2.75 bits per heavy atom. The fourth-order valence-corrected chi connectivity index (χ4v) is 2.81. The van der Waals surface area contributed by atoms with Crippen molar-refractivity contribution in [2.24, 2.45) is 4.99 Å². The van der Waals surface area contributed by atoms with Gasteiger partial charge < -0.3 is 15.3 Å². The van der Waals surface area contributed by atoms with Gasteiger partial charge in [-0.2, -0.15) is 4.98 Å². The van der Waals surface area contributed by atoms with Gasteiger partial charge in [-0.3, -0.25) is 4.90 Å². The number of amides is 2. The van der Waals surface area contributed by atoms with Gasteiger partial charge in [0.25, 0.3) is 0 Å². The third-order valence-corrected chi connectivity index (χ3v) is 4.04. The van der Waals surface area contributed by atoms with E-state index in [0.29, 0.717) is 6.54 Å². The zero-order chi connectivity index (χ0) is 17.5. The molecular formula is C15H20N6O3. The molecule has 2 aliphatic heterocycles. The zero-order valence-electron chi connectivity index (χ0n) is 13.9. The number of rotatable bonds is 3. The van der Waals surface area contributed by atoms with Crippen LogP contribution in [-0.4, -0.2) is 63.5 Å². The van der Waals surface area contributed by atoms with Crippen LogP contribution in [0.3, 0.4) is 0 Å². The Kier molecular flexibility index (Phi) is 3.86. The van der Waals surface area contributed by atoms with E-state index in [2.05, 4.69) is 20.3 Å². The van der Waals surface area contributed by atoms with Crippen molar-refractivity contribution in [2.45, 2.75) is 32.2 Å². The smallest absolute Gasteiger partial charge is 0.341 e. The highest BCUT2D eigenvalue weighted by atomic mass is 16.4. The molecule has 2 amide bonds. The van der Waals surface area contributed by atoms with E-state index in [1.54, 1.807) is 0 Å². The topological polar surface area (TPSA) is 111 Å². The molecule has 0 aliphatic carbocycles. The van der Waals surface area contributed by atoms with E-state index in [-0.39, 0.29) is 23.4 Å². The average Bonchev–Trinajstić information content (AvgIpc) is 3.01. The van der Waals surface area contributed by atoms with Gasteiger partial charge in [0.05, 0.1) is 12.1 Å². The van der Waals surface area contributed by atoms with Crippen molar-refractivity contribution in [3.05, 3.63) is 11.8 Å². The molecule has 0 unspecified atom stereocenters. The number of carbonyl (C=O) groups is 2. The van der Waals surface area contributed by atoms with Crippen molar-refractivity contribution in [3.8, 4) is 0 Å². The second-order valence-electron chi connectivity index (χ2n) is 6.67. The van der Waals surface area contributed by atoms with Crippen molar-refractivity contribution >= 4 is 29.6 Å². The lowest BCUT2D eigenvalue weighted by molar-refractivity contribution is 0.0697. The molecule has 2 fully saturated rings. The molecule has 9 nitrogen and oxygen atoms in total. The molecule has 3 rings (SSSR count). The van der Waals surface area contributed by atoms with Gasteiger partial charge in [-0.25, -0.2) is 19.6 Å². The molecule has 0 atom stereocenters.